The summed E-state index contributed by atoms with van der Waals surface area (Å²) in [7, 11) is 1.86. The van der Waals surface area contributed by atoms with Crippen LogP contribution in [0.15, 0.2) is 73.4 Å². The molecular weight excluding hydrogens is 478 g/mol. The van der Waals surface area contributed by atoms with Gasteiger partial charge in [0, 0.05) is 61.6 Å². The molecule has 0 aliphatic heterocycles. The van der Waals surface area contributed by atoms with Gasteiger partial charge in [0.2, 0.25) is 5.95 Å². The van der Waals surface area contributed by atoms with Gasteiger partial charge in [-0.3, -0.25) is 9.58 Å². The number of carbonyl (C=O) groups excluding carboxylic acids is 1. The number of anilines is 2. The van der Waals surface area contributed by atoms with E-state index in [9.17, 15) is 4.79 Å². The van der Waals surface area contributed by atoms with Crippen LogP contribution in [-0.2, 0) is 13.6 Å². The summed E-state index contributed by atoms with van der Waals surface area (Å²) < 4.78 is 1.73. The average Bonchev–Trinajstić information content (AvgIpc) is 3.40. The number of urea groups is 1. The Morgan fingerprint density at radius 1 is 1.00 bits per heavy atom. The lowest BCUT2D eigenvalue weighted by atomic mass is 9.90. The molecule has 1 aromatic carbocycles. The van der Waals surface area contributed by atoms with E-state index >= 15 is 0 Å². The van der Waals surface area contributed by atoms with E-state index in [-0.39, 0.29) is 18.1 Å². The molecule has 0 unspecified atom stereocenters. The number of aryl methyl sites for hydroxylation is 1. The third kappa shape index (κ3) is 5.95. The first-order chi connectivity index (χ1) is 18.6. The van der Waals surface area contributed by atoms with Crippen LogP contribution in [0, 0.1) is 11.3 Å². The van der Waals surface area contributed by atoms with Gasteiger partial charge in [-0.05, 0) is 43.4 Å². The molecule has 0 spiro atoms. The van der Waals surface area contributed by atoms with Crippen LogP contribution in [0.5, 0.6) is 0 Å². The molecule has 4 aromatic rings. The van der Waals surface area contributed by atoms with Crippen molar-refractivity contribution in [2.45, 2.75) is 44.3 Å². The molecule has 2 amide bonds. The normalized spacial score (nSPS) is 16.8. The highest BCUT2D eigenvalue weighted by Gasteiger charge is 2.32. The first-order valence-electron chi connectivity index (χ1n) is 12.6. The molecule has 3 heterocycles. The molecule has 0 atom stereocenters. The second-order valence-corrected chi connectivity index (χ2v) is 9.38. The molecule has 0 saturated heterocycles. The summed E-state index contributed by atoms with van der Waals surface area (Å²) in [6.45, 7) is 0.422. The Labute approximate surface area is 221 Å². The van der Waals surface area contributed by atoms with Gasteiger partial charge in [-0.25, -0.2) is 19.7 Å². The summed E-state index contributed by atoms with van der Waals surface area (Å²) in [6.07, 6.45) is 12.0. The topological polar surface area (TPSA) is 125 Å². The van der Waals surface area contributed by atoms with E-state index in [1.54, 1.807) is 40.4 Å². The van der Waals surface area contributed by atoms with E-state index in [0.717, 1.165) is 48.2 Å². The number of hydrogen-bond acceptors (Lipinski definition) is 7. The SMILES string of the molecule is Cn1cc(-c2cnc(N(C(=O)NCc3ccccc3)[C@H]3CC[C@H](Nc4ccc(C#N)cn4)CC3)nc2)cn1. The maximum Gasteiger partial charge on any atom is 0.324 e. The minimum absolute atomic E-state index is 0.0398. The molecular formula is C28H29N9O. The van der Waals surface area contributed by atoms with Crippen LogP contribution in [-0.4, -0.2) is 42.8 Å². The van der Waals surface area contributed by atoms with Gasteiger partial charge in [0.05, 0.1) is 11.8 Å². The number of amides is 2. The van der Waals surface area contributed by atoms with Crippen molar-refractivity contribution >= 4 is 17.8 Å². The minimum Gasteiger partial charge on any atom is -0.367 e. The number of aromatic nitrogens is 5. The molecule has 10 heteroatoms. The number of rotatable bonds is 7. The van der Waals surface area contributed by atoms with E-state index in [0.29, 0.717) is 18.1 Å². The zero-order valence-electron chi connectivity index (χ0n) is 21.2. The van der Waals surface area contributed by atoms with Crippen molar-refractivity contribution in [1.82, 2.24) is 30.0 Å². The number of carbonyl (C=O) groups is 1. The van der Waals surface area contributed by atoms with Gasteiger partial charge < -0.3 is 10.6 Å². The Kier molecular flexibility index (Phi) is 7.54. The van der Waals surface area contributed by atoms with Crippen LogP contribution in [0.1, 0.15) is 36.8 Å². The first-order valence-corrected chi connectivity index (χ1v) is 12.6. The molecule has 2 N–H and O–H groups in total. The molecule has 1 aliphatic rings. The van der Waals surface area contributed by atoms with Crippen molar-refractivity contribution < 1.29 is 4.79 Å². The number of pyridine rings is 1. The van der Waals surface area contributed by atoms with Crippen molar-refractivity contribution in [2.75, 3.05) is 10.2 Å². The van der Waals surface area contributed by atoms with E-state index in [1.807, 2.05) is 49.6 Å². The summed E-state index contributed by atoms with van der Waals surface area (Å²) in [4.78, 5) is 28.7. The molecule has 192 valence electrons. The van der Waals surface area contributed by atoms with Gasteiger partial charge in [-0.15, -0.1) is 0 Å². The molecule has 0 radical (unpaired) electrons. The van der Waals surface area contributed by atoms with Crippen molar-refractivity contribution in [1.29, 1.82) is 5.26 Å². The van der Waals surface area contributed by atoms with E-state index in [4.69, 9.17) is 5.26 Å². The molecule has 38 heavy (non-hydrogen) atoms. The Balaban J connectivity index is 1.29. The fourth-order valence-electron chi connectivity index (χ4n) is 4.68. The highest BCUT2D eigenvalue weighted by molar-refractivity contribution is 5.90. The molecule has 1 fully saturated rings. The van der Waals surface area contributed by atoms with Gasteiger partial charge in [0.25, 0.3) is 0 Å². The first kappa shape index (κ1) is 24.9. The molecule has 1 aliphatic carbocycles. The Hall–Kier alpha value is -4.78. The summed E-state index contributed by atoms with van der Waals surface area (Å²) in [6, 6.07) is 15.5. The van der Waals surface area contributed by atoms with E-state index in [1.165, 1.54) is 0 Å². The van der Waals surface area contributed by atoms with E-state index < -0.39 is 0 Å². The Morgan fingerprint density at radius 3 is 2.39 bits per heavy atom. The van der Waals surface area contributed by atoms with Crippen LogP contribution in [0.3, 0.4) is 0 Å². The maximum atomic E-state index is 13.5. The summed E-state index contributed by atoms with van der Waals surface area (Å²) >= 11 is 0. The smallest absolute Gasteiger partial charge is 0.324 e. The summed E-state index contributed by atoms with van der Waals surface area (Å²) in [5.41, 5.74) is 3.32. The van der Waals surface area contributed by atoms with Gasteiger partial charge in [-0.2, -0.15) is 10.4 Å². The summed E-state index contributed by atoms with van der Waals surface area (Å²) in [5.74, 6) is 1.13. The zero-order chi connectivity index (χ0) is 26.3. The highest BCUT2D eigenvalue weighted by atomic mass is 16.2. The van der Waals surface area contributed by atoms with Crippen molar-refractivity contribution in [3.63, 3.8) is 0 Å². The summed E-state index contributed by atoms with van der Waals surface area (Å²) in [5, 5.41) is 19.7. The van der Waals surface area contributed by atoms with Crippen molar-refractivity contribution in [3.8, 4) is 17.2 Å². The molecule has 10 nitrogen and oxygen atoms in total. The van der Waals surface area contributed by atoms with Gasteiger partial charge >= 0.3 is 6.03 Å². The Morgan fingerprint density at radius 2 is 1.76 bits per heavy atom. The number of nitriles is 1. The van der Waals surface area contributed by atoms with Gasteiger partial charge in [0.15, 0.2) is 0 Å². The fourth-order valence-corrected chi connectivity index (χ4v) is 4.68. The number of nitrogens with zero attached hydrogens (tertiary/aromatic N) is 7. The standard InChI is InChI=1S/C28H29N9O/c1-36-19-23(18-34-36)22-16-31-27(32-17-22)37(28(38)33-14-20-5-3-2-4-6-20)25-10-8-24(9-11-25)35-26-12-7-21(13-29)15-30-26/h2-7,12,15-19,24-25H,8-11,14H2,1H3,(H,30,35)(H,33,38)/t24-,25-. The average molecular weight is 508 g/mol. The van der Waals surface area contributed by atoms with Crippen LogP contribution >= 0.6 is 0 Å². The zero-order valence-corrected chi connectivity index (χ0v) is 21.2. The molecule has 0 bridgehead atoms. The molecule has 5 rings (SSSR count). The Bertz CT molecular complexity index is 1390. The van der Waals surface area contributed by atoms with Crippen molar-refractivity contribution in [2.24, 2.45) is 7.05 Å². The largest absolute Gasteiger partial charge is 0.367 e. The molecule has 3 aromatic heterocycles. The molecule has 1 saturated carbocycles. The van der Waals surface area contributed by atoms with Gasteiger partial charge in [0.1, 0.15) is 11.9 Å². The highest BCUT2D eigenvalue weighted by Crippen LogP contribution is 2.28. The lowest BCUT2D eigenvalue weighted by Gasteiger charge is -2.36. The van der Waals surface area contributed by atoms with Crippen LogP contribution < -0.4 is 15.5 Å². The minimum atomic E-state index is -0.215. The maximum absolute atomic E-state index is 13.5. The second kappa shape index (κ2) is 11.5. The van der Waals surface area contributed by atoms with Crippen LogP contribution in [0.4, 0.5) is 16.6 Å². The third-order valence-corrected chi connectivity index (χ3v) is 6.70. The predicted octanol–water partition coefficient (Wildman–Crippen LogP) is 4.28. The quantitative estimate of drug-likeness (QED) is 0.382. The van der Waals surface area contributed by atoms with Gasteiger partial charge in [-0.1, -0.05) is 30.3 Å². The number of nitrogens with one attached hydrogen (secondary N) is 2. The monoisotopic (exact) mass is 507 g/mol. The van der Waals surface area contributed by atoms with Crippen LogP contribution in [0.2, 0.25) is 0 Å². The predicted molar refractivity (Wildman–Crippen MR) is 144 cm³/mol. The van der Waals surface area contributed by atoms with Crippen molar-refractivity contribution in [3.05, 3.63) is 84.6 Å². The third-order valence-electron chi connectivity index (χ3n) is 6.70. The fraction of sp³-hybridized carbons (Fsp3) is 0.286. The van der Waals surface area contributed by atoms with E-state index in [2.05, 4.69) is 36.8 Å². The lowest BCUT2D eigenvalue weighted by molar-refractivity contribution is 0.240. The number of hydrogen-bond donors (Lipinski definition) is 2. The second-order valence-electron chi connectivity index (χ2n) is 9.38. The number of benzene rings is 1. The lowest BCUT2D eigenvalue weighted by Crippen LogP contribution is -2.49. The van der Waals surface area contributed by atoms with Crippen LogP contribution in [0.25, 0.3) is 11.1 Å².